The molecular formula is C23H26N2O2S. The van der Waals surface area contributed by atoms with E-state index in [0.717, 1.165) is 59.0 Å². The summed E-state index contributed by atoms with van der Waals surface area (Å²) < 4.78 is 11.2. The van der Waals surface area contributed by atoms with Crippen molar-refractivity contribution in [3.8, 4) is 0 Å². The number of allylic oxidation sites excluding steroid dienone is 2. The molecule has 1 aromatic rings. The summed E-state index contributed by atoms with van der Waals surface area (Å²) in [5, 5.41) is 4.67. The zero-order valence-electron chi connectivity index (χ0n) is 16.1. The molecule has 2 fully saturated rings. The second-order valence-electron chi connectivity index (χ2n) is 7.49. The molecule has 4 aliphatic rings. The SMILES string of the molecule is C1=C2CC(=Cc3ccccc31)/C(N1CCOCC1)=C\S/C=C\2N1CCOCC1. The number of fused-ring (bicyclic) bond motifs is 3. The Labute approximate surface area is 171 Å². The van der Waals surface area contributed by atoms with Gasteiger partial charge in [0.2, 0.25) is 0 Å². The molecule has 0 saturated carbocycles. The smallest absolute Gasteiger partial charge is 0.0642 e. The monoisotopic (exact) mass is 394 g/mol. The normalized spacial score (nSPS) is 26.4. The van der Waals surface area contributed by atoms with Gasteiger partial charge in [0.15, 0.2) is 0 Å². The van der Waals surface area contributed by atoms with E-state index in [0.29, 0.717) is 0 Å². The molecule has 0 atom stereocenters. The standard InChI is InChI=1S/C23H26N2O2S/c1-2-4-19-14-21-15-20(13-18(19)3-1)22(24-5-9-26-10-6-24)16-28-17-23(21)25-7-11-27-12-8-25/h1-4,13-14,16-17H,5-12,15H2/b22-16+,23-17+. The van der Waals surface area contributed by atoms with Gasteiger partial charge in [-0.1, -0.05) is 24.3 Å². The Morgan fingerprint density at radius 2 is 1.14 bits per heavy atom. The Kier molecular flexibility index (Phi) is 5.30. The minimum atomic E-state index is 0.809. The molecule has 0 radical (unpaired) electrons. The van der Waals surface area contributed by atoms with Crippen molar-refractivity contribution in [1.82, 2.24) is 9.80 Å². The minimum Gasteiger partial charge on any atom is -0.378 e. The van der Waals surface area contributed by atoms with Crippen molar-refractivity contribution in [3.63, 3.8) is 0 Å². The summed E-state index contributed by atoms with van der Waals surface area (Å²) in [4.78, 5) is 4.98. The van der Waals surface area contributed by atoms with Crippen LogP contribution in [-0.2, 0) is 9.47 Å². The number of nitrogens with zero attached hydrogens (tertiary/aromatic N) is 2. The second-order valence-corrected chi connectivity index (χ2v) is 8.23. The van der Waals surface area contributed by atoms with Crippen LogP contribution in [-0.4, -0.2) is 62.4 Å². The maximum absolute atomic E-state index is 5.59. The van der Waals surface area contributed by atoms with Gasteiger partial charge in [-0.2, -0.15) is 0 Å². The van der Waals surface area contributed by atoms with Crippen molar-refractivity contribution >= 4 is 23.9 Å². The summed E-state index contributed by atoms with van der Waals surface area (Å²) in [5.41, 5.74) is 8.13. The van der Waals surface area contributed by atoms with Crippen molar-refractivity contribution in [2.75, 3.05) is 52.6 Å². The Balaban J connectivity index is 1.59. The molecule has 2 bridgehead atoms. The number of ether oxygens (including phenoxy) is 2. The summed E-state index contributed by atoms with van der Waals surface area (Å²) in [7, 11) is 0. The minimum absolute atomic E-state index is 0.809. The highest BCUT2D eigenvalue weighted by atomic mass is 32.2. The molecule has 5 heteroatoms. The fourth-order valence-corrected chi connectivity index (χ4v) is 5.19. The lowest BCUT2D eigenvalue weighted by Crippen LogP contribution is -2.37. The molecule has 0 spiro atoms. The first kappa shape index (κ1) is 18.1. The van der Waals surface area contributed by atoms with Crippen LogP contribution in [0.3, 0.4) is 0 Å². The second kappa shape index (κ2) is 8.19. The van der Waals surface area contributed by atoms with Gasteiger partial charge in [-0.3, -0.25) is 0 Å². The largest absolute Gasteiger partial charge is 0.378 e. The van der Waals surface area contributed by atoms with E-state index in [2.05, 4.69) is 57.0 Å². The predicted octanol–water partition coefficient (Wildman–Crippen LogP) is 3.95. The molecule has 4 nitrogen and oxygen atoms in total. The Morgan fingerprint density at radius 1 is 0.679 bits per heavy atom. The average molecular weight is 395 g/mol. The van der Waals surface area contributed by atoms with Gasteiger partial charge in [-0.25, -0.2) is 0 Å². The molecule has 1 aromatic carbocycles. The number of hydrogen-bond acceptors (Lipinski definition) is 5. The van der Waals surface area contributed by atoms with Gasteiger partial charge >= 0.3 is 0 Å². The van der Waals surface area contributed by atoms with Crippen molar-refractivity contribution < 1.29 is 9.47 Å². The van der Waals surface area contributed by atoms with Crippen LogP contribution in [0.1, 0.15) is 17.5 Å². The van der Waals surface area contributed by atoms with Crippen LogP contribution in [0.25, 0.3) is 12.2 Å². The van der Waals surface area contributed by atoms with Gasteiger partial charge in [0, 0.05) is 44.0 Å². The van der Waals surface area contributed by atoms with E-state index in [1.54, 1.807) is 11.8 Å². The van der Waals surface area contributed by atoms with E-state index in [-0.39, 0.29) is 0 Å². The lowest BCUT2D eigenvalue weighted by molar-refractivity contribution is 0.0540. The third-order valence-corrected chi connectivity index (χ3v) is 6.48. The van der Waals surface area contributed by atoms with E-state index >= 15 is 0 Å². The highest BCUT2D eigenvalue weighted by molar-refractivity contribution is 8.04. The molecule has 3 aliphatic heterocycles. The highest BCUT2D eigenvalue weighted by Crippen LogP contribution is 2.39. The quantitative estimate of drug-likeness (QED) is 0.756. The summed E-state index contributed by atoms with van der Waals surface area (Å²) in [5.74, 6) is 0. The van der Waals surface area contributed by atoms with Crippen LogP contribution in [0.5, 0.6) is 0 Å². The number of morpholine rings is 2. The van der Waals surface area contributed by atoms with Gasteiger partial charge in [0.05, 0.1) is 26.4 Å². The molecule has 5 rings (SSSR count). The zero-order valence-corrected chi connectivity index (χ0v) is 16.9. The maximum atomic E-state index is 5.59. The topological polar surface area (TPSA) is 24.9 Å². The molecule has 0 amide bonds. The molecule has 0 unspecified atom stereocenters. The highest BCUT2D eigenvalue weighted by Gasteiger charge is 2.25. The van der Waals surface area contributed by atoms with Gasteiger partial charge < -0.3 is 19.3 Å². The van der Waals surface area contributed by atoms with Crippen LogP contribution in [0.15, 0.2) is 57.6 Å². The van der Waals surface area contributed by atoms with E-state index in [9.17, 15) is 0 Å². The summed E-state index contributed by atoms with van der Waals surface area (Å²) in [6, 6.07) is 8.73. The number of thioether (sulfide) groups is 1. The summed E-state index contributed by atoms with van der Waals surface area (Å²) >= 11 is 1.81. The van der Waals surface area contributed by atoms with E-state index in [4.69, 9.17) is 9.47 Å². The van der Waals surface area contributed by atoms with Crippen molar-refractivity contribution in [3.05, 3.63) is 68.7 Å². The Hall–Kier alpha value is -1.95. The van der Waals surface area contributed by atoms with Crippen molar-refractivity contribution in [2.45, 2.75) is 6.42 Å². The van der Waals surface area contributed by atoms with E-state index < -0.39 is 0 Å². The molecule has 28 heavy (non-hydrogen) atoms. The van der Waals surface area contributed by atoms with Crippen LogP contribution < -0.4 is 0 Å². The van der Waals surface area contributed by atoms with Gasteiger partial charge in [0.25, 0.3) is 0 Å². The van der Waals surface area contributed by atoms with Gasteiger partial charge in [-0.15, -0.1) is 11.8 Å². The first-order chi connectivity index (χ1) is 13.9. The summed E-state index contributed by atoms with van der Waals surface area (Å²) in [6.07, 6.45) is 5.74. The zero-order chi connectivity index (χ0) is 18.8. The van der Waals surface area contributed by atoms with Crippen LogP contribution in [0.2, 0.25) is 0 Å². The van der Waals surface area contributed by atoms with Crippen molar-refractivity contribution in [1.29, 1.82) is 0 Å². The molecule has 2 saturated heterocycles. The summed E-state index contributed by atoms with van der Waals surface area (Å²) in [6.45, 7) is 7.09. The first-order valence-electron chi connectivity index (χ1n) is 10.1. The molecule has 1 aliphatic carbocycles. The lowest BCUT2D eigenvalue weighted by atomic mass is 9.99. The number of benzene rings is 1. The van der Waals surface area contributed by atoms with Crippen molar-refractivity contribution in [2.24, 2.45) is 0 Å². The molecule has 146 valence electrons. The lowest BCUT2D eigenvalue weighted by Gasteiger charge is -2.35. The first-order valence-corrected chi connectivity index (χ1v) is 11.0. The Morgan fingerprint density at radius 3 is 1.61 bits per heavy atom. The van der Waals surface area contributed by atoms with E-state index in [1.807, 2.05) is 0 Å². The van der Waals surface area contributed by atoms with Crippen LogP contribution >= 0.6 is 11.8 Å². The Bertz CT molecular complexity index is 790. The number of hydrogen-bond donors (Lipinski definition) is 0. The van der Waals surface area contributed by atoms with Crippen LogP contribution in [0, 0.1) is 0 Å². The number of rotatable bonds is 2. The van der Waals surface area contributed by atoms with Gasteiger partial charge in [0.1, 0.15) is 0 Å². The fourth-order valence-electron chi connectivity index (χ4n) is 4.26. The van der Waals surface area contributed by atoms with Crippen LogP contribution in [0.4, 0.5) is 0 Å². The third kappa shape index (κ3) is 3.66. The molecule has 0 aromatic heterocycles. The molecule has 3 heterocycles. The fraction of sp³-hybridized carbons (Fsp3) is 0.391. The van der Waals surface area contributed by atoms with E-state index in [1.165, 1.54) is 33.7 Å². The maximum Gasteiger partial charge on any atom is 0.0642 e. The molecular weight excluding hydrogens is 368 g/mol. The average Bonchev–Trinajstić information content (AvgIpc) is 2.94. The predicted molar refractivity (Wildman–Crippen MR) is 116 cm³/mol. The third-order valence-electron chi connectivity index (χ3n) is 5.76. The molecule has 0 N–H and O–H groups in total. The van der Waals surface area contributed by atoms with Gasteiger partial charge in [-0.05, 0) is 45.2 Å².